The maximum Gasteiger partial charge on any atom is 0.261 e. The number of methoxy groups -OCH3 is 1. The minimum Gasteiger partial charge on any atom is -0.383 e. The van der Waals surface area contributed by atoms with Gasteiger partial charge in [0.15, 0.2) is 0 Å². The van der Waals surface area contributed by atoms with Crippen LogP contribution in [0.1, 0.15) is 27.4 Å². The number of nitrogens with one attached hydrogen (secondary N) is 1. The van der Waals surface area contributed by atoms with E-state index in [0.717, 1.165) is 22.6 Å². The summed E-state index contributed by atoms with van der Waals surface area (Å²) in [5, 5.41) is 3.04. The lowest BCUT2D eigenvalue weighted by Crippen LogP contribution is -2.52. The number of carbonyl (C=O) groups is 2. The Kier molecular flexibility index (Phi) is 5.93. The third-order valence-corrected chi connectivity index (χ3v) is 4.77. The highest BCUT2D eigenvalue weighted by atomic mass is 32.1. The van der Waals surface area contributed by atoms with Crippen LogP contribution in [-0.2, 0) is 9.53 Å². The third kappa shape index (κ3) is 4.28. The second-order valence-electron chi connectivity index (χ2n) is 5.55. The van der Waals surface area contributed by atoms with Gasteiger partial charge in [0.05, 0.1) is 11.5 Å². The lowest BCUT2D eigenvalue weighted by molar-refractivity contribution is -0.134. The van der Waals surface area contributed by atoms with Gasteiger partial charge in [-0.2, -0.15) is 0 Å². The monoisotopic (exact) mass is 325 g/mol. The summed E-state index contributed by atoms with van der Waals surface area (Å²) in [6, 6.07) is 3.29. The molecule has 0 saturated carbocycles. The largest absolute Gasteiger partial charge is 0.383 e. The van der Waals surface area contributed by atoms with Gasteiger partial charge in [-0.3, -0.25) is 9.59 Å². The minimum atomic E-state index is -0.606. The molecule has 1 aromatic rings. The lowest BCUT2D eigenvalue weighted by atomic mass is 10.0. The van der Waals surface area contributed by atoms with Gasteiger partial charge in [0.1, 0.15) is 6.04 Å². The molecule has 1 saturated heterocycles. The number of ether oxygens (including phenoxy) is 1. The van der Waals surface area contributed by atoms with Crippen molar-refractivity contribution in [3.8, 4) is 0 Å². The zero-order chi connectivity index (χ0) is 16.1. The Hall–Kier alpha value is -1.44. The van der Waals surface area contributed by atoms with Crippen molar-refractivity contribution in [2.75, 3.05) is 26.8 Å². The van der Waals surface area contributed by atoms with Gasteiger partial charge in [0.2, 0.25) is 5.91 Å². The highest BCUT2D eigenvalue weighted by Gasteiger charge is 2.27. The van der Waals surface area contributed by atoms with Crippen LogP contribution in [-0.4, -0.2) is 55.6 Å². The summed E-state index contributed by atoms with van der Waals surface area (Å²) in [4.78, 5) is 27.8. The zero-order valence-electron chi connectivity index (χ0n) is 13.0. The highest BCUT2D eigenvalue weighted by molar-refractivity contribution is 7.13. The van der Waals surface area contributed by atoms with E-state index in [1.807, 2.05) is 19.1 Å². The number of nitrogens with two attached hydrogens (primary N) is 1. The highest BCUT2D eigenvalue weighted by Crippen LogP contribution is 2.17. The van der Waals surface area contributed by atoms with Crippen molar-refractivity contribution >= 4 is 23.2 Å². The topological polar surface area (TPSA) is 84.7 Å². The number of likely N-dealkylation sites (tertiary alicyclic amines) is 1. The first-order valence-electron chi connectivity index (χ1n) is 7.42. The summed E-state index contributed by atoms with van der Waals surface area (Å²) in [6.07, 6.45) is 1.50. The van der Waals surface area contributed by atoms with Gasteiger partial charge >= 0.3 is 0 Å². The van der Waals surface area contributed by atoms with Crippen LogP contribution < -0.4 is 11.1 Å². The fourth-order valence-electron chi connectivity index (χ4n) is 2.54. The first-order valence-corrected chi connectivity index (χ1v) is 8.23. The summed E-state index contributed by atoms with van der Waals surface area (Å²) in [5.74, 6) is -0.112. The molecule has 0 aliphatic carbocycles. The van der Waals surface area contributed by atoms with Crippen LogP contribution in [0.2, 0.25) is 0 Å². The smallest absolute Gasteiger partial charge is 0.261 e. The van der Waals surface area contributed by atoms with E-state index in [2.05, 4.69) is 5.32 Å². The predicted octanol–water partition coefficient (Wildman–Crippen LogP) is 0.751. The quantitative estimate of drug-likeness (QED) is 0.837. The van der Waals surface area contributed by atoms with Gasteiger partial charge in [0, 0.05) is 31.1 Å². The Bertz CT molecular complexity index is 524. The van der Waals surface area contributed by atoms with Crippen molar-refractivity contribution in [2.45, 2.75) is 31.8 Å². The SMILES string of the molecule is COCC(N)C(=O)N1CCC(NC(=O)c2ccc(C)s2)CC1. The van der Waals surface area contributed by atoms with E-state index < -0.39 is 6.04 Å². The number of thiophene rings is 1. The Balaban J connectivity index is 1.80. The number of aryl methyl sites for hydroxylation is 1. The maximum absolute atomic E-state index is 12.1. The molecule has 2 amide bonds. The van der Waals surface area contributed by atoms with E-state index in [1.54, 1.807) is 4.90 Å². The normalized spacial score (nSPS) is 17.3. The zero-order valence-corrected chi connectivity index (χ0v) is 13.8. The van der Waals surface area contributed by atoms with Crippen molar-refractivity contribution in [1.82, 2.24) is 10.2 Å². The molecule has 0 radical (unpaired) electrons. The first-order chi connectivity index (χ1) is 10.5. The van der Waals surface area contributed by atoms with Crippen LogP contribution in [0.15, 0.2) is 12.1 Å². The van der Waals surface area contributed by atoms with Gasteiger partial charge in [-0.15, -0.1) is 11.3 Å². The van der Waals surface area contributed by atoms with E-state index in [0.29, 0.717) is 13.1 Å². The van der Waals surface area contributed by atoms with Crippen LogP contribution in [0, 0.1) is 6.92 Å². The summed E-state index contributed by atoms with van der Waals surface area (Å²) in [7, 11) is 1.53. The van der Waals surface area contributed by atoms with Crippen molar-refractivity contribution < 1.29 is 14.3 Å². The number of amides is 2. The fraction of sp³-hybridized carbons (Fsp3) is 0.600. The lowest BCUT2D eigenvalue weighted by Gasteiger charge is -2.33. The number of carbonyl (C=O) groups excluding carboxylic acids is 2. The number of nitrogens with zero attached hydrogens (tertiary/aromatic N) is 1. The van der Waals surface area contributed by atoms with Gasteiger partial charge in [-0.05, 0) is 31.9 Å². The van der Waals surface area contributed by atoms with Crippen LogP contribution >= 0.6 is 11.3 Å². The molecule has 22 heavy (non-hydrogen) atoms. The van der Waals surface area contributed by atoms with E-state index in [4.69, 9.17) is 10.5 Å². The maximum atomic E-state index is 12.1. The molecule has 7 heteroatoms. The molecule has 1 unspecified atom stereocenters. The Morgan fingerprint density at radius 3 is 2.68 bits per heavy atom. The van der Waals surface area contributed by atoms with Crippen LogP contribution in [0.4, 0.5) is 0 Å². The average molecular weight is 325 g/mol. The van der Waals surface area contributed by atoms with Crippen molar-refractivity contribution in [2.24, 2.45) is 5.73 Å². The van der Waals surface area contributed by atoms with Crippen LogP contribution in [0.25, 0.3) is 0 Å². The Labute approximate surface area is 134 Å². The molecule has 0 aromatic carbocycles. The van der Waals surface area contributed by atoms with Gasteiger partial charge < -0.3 is 20.7 Å². The van der Waals surface area contributed by atoms with E-state index >= 15 is 0 Å². The molecule has 1 atom stereocenters. The molecule has 0 bridgehead atoms. The van der Waals surface area contributed by atoms with Crippen molar-refractivity contribution in [1.29, 1.82) is 0 Å². The number of rotatable bonds is 5. The second-order valence-corrected chi connectivity index (χ2v) is 6.83. The van der Waals surface area contributed by atoms with E-state index in [9.17, 15) is 9.59 Å². The Morgan fingerprint density at radius 2 is 2.14 bits per heavy atom. The summed E-state index contributed by atoms with van der Waals surface area (Å²) < 4.78 is 4.91. The third-order valence-electron chi connectivity index (χ3n) is 3.77. The molecule has 3 N–H and O–H groups in total. The molecule has 6 nitrogen and oxygen atoms in total. The van der Waals surface area contributed by atoms with Crippen LogP contribution in [0.3, 0.4) is 0 Å². The predicted molar refractivity (Wildman–Crippen MR) is 86.0 cm³/mol. The summed E-state index contributed by atoms with van der Waals surface area (Å²) >= 11 is 1.49. The van der Waals surface area contributed by atoms with Crippen molar-refractivity contribution in [3.05, 3.63) is 21.9 Å². The molecule has 2 heterocycles. The molecule has 2 rings (SSSR count). The molecular weight excluding hydrogens is 302 g/mol. The number of piperidine rings is 1. The summed E-state index contributed by atoms with van der Waals surface area (Å²) in [6.45, 7) is 3.44. The van der Waals surface area contributed by atoms with Gasteiger partial charge in [-0.25, -0.2) is 0 Å². The van der Waals surface area contributed by atoms with Crippen LogP contribution in [0.5, 0.6) is 0 Å². The Morgan fingerprint density at radius 1 is 1.45 bits per heavy atom. The van der Waals surface area contributed by atoms with Gasteiger partial charge in [0.25, 0.3) is 5.91 Å². The molecule has 0 spiro atoms. The number of hydrogen-bond donors (Lipinski definition) is 2. The second kappa shape index (κ2) is 7.71. The standard InChI is InChI=1S/C15H23N3O3S/c1-10-3-4-13(22-10)14(19)17-11-5-7-18(8-6-11)15(20)12(16)9-21-2/h3-4,11-12H,5-9,16H2,1-2H3,(H,17,19). The molecular formula is C15H23N3O3S. The molecule has 1 aliphatic rings. The van der Waals surface area contributed by atoms with Crippen molar-refractivity contribution in [3.63, 3.8) is 0 Å². The molecule has 1 aliphatic heterocycles. The molecule has 1 fully saturated rings. The summed E-state index contributed by atoms with van der Waals surface area (Å²) in [5.41, 5.74) is 5.77. The fourth-order valence-corrected chi connectivity index (χ4v) is 3.31. The van der Waals surface area contributed by atoms with Gasteiger partial charge in [-0.1, -0.05) is 0 Å². The first kappa shape index (κ1) is 16.9. The minimum absolute atomic E-state index is 0.0287. The van der Waals surface area contributed by atoms with E-state index in [-0.39, 0.29) is 24.5 Å². The number of hydrogen-bond acceptors (Lipinski definition) is 5. The average Bonchev–Trinajstić information content (AvgIpc) is 2.94. The molecule has 1 aromatic heterocycles. The van der Waals surface area contributed by atoms with E-state index in [1.165, 1.54) is 18.4 Å². The molecule has 122 valence electrons.